The Bertz CT molecular complexity index is 1200. The third-order valence-corrected chi connectivity index (χ3v) is 5.84. The van der Waals surface area contributed by atoms with Crippen molar-refractivity contribution in [3.8, 4) is 11.8 Å². The molecular weight excluding hydrogens is 406 g/mol. The summed E-state index contributed by atoms with van der Waals surface area (Å²) in [6.07, 6.45) is 2.67. The minimum absolute atomic E-state index is 0.190. The molecule has 0 spiro atoms. The summed E-state index contributed by atoms with van der Waals surface area (Å²) in [6, 6.07) is 13.0. The minimum atomic E-state index is -0.597. The fourth-order valence-corrected chi connectivity index (χ4v) is 4.14. The van der Waals surface area contributed by atoms with Gasteiger partial charge in [-0.3, -0.25) is 9.69 Å². The lowest BCUT2D eigenvalue weighted by Gasteiger charge is -2.26. The van der Waals surface area contributed by atoms with Gasteiger partial charge in [0.15, 0.2) is 0 Å². The van der Waals surface area contributed by atoms with Crippen LogP contribution in [0, 0.1) is 11.3 Å². The summed E-state index contributed by atoms with van der Waals surface area (Å²) >= 11 is 0. The molecule has 0 aliphatic carbocycles. The molecular formula is C24H23N5O3. The topological polar surface area (TPSA) is 100 Å². The normalized spacial score (nSPS) is 18.2. The fraction of sp³-hybridized carbons (Fsp3) is 0.333. The van der Waals surface area contributed by atoms with Gasteiger partial charge in [0.25, 0.3) is 0 Å². The zero-order valence-electron chi connectivity index (χ0n) is 17.6. The standard InChI is InChI=1S/C24H23N5O3/c25-14-16-2-5-19-21(12-16)28-24(30)22(19)23-26-15-17-3-4-18(13-20(17)27-23)32-9-1-6-29-7-10-31-11-8-29/h2-5,12-13,15,22H,1,6-11H2,(H,28,30). The lowest BCUT2D eigenvalue weighted by atomic mass is 9.98. The van der Waals surface area contributed by atoms with Gasteiger partial charge in [-0.15, -0.1) is 0 Å². The van der Waals surface area contributed by atoms with E-state index in [1.807, 2.05) is 18.2 Å². The maximum Gasteiger partial charge on any atom is 0.239 e. The molecule has 2 aromatic carbocycles. The van der Waals surface area contributed by atoms with Crippen molar-refractivity contribution in [3.05, 3.63) is 59.5 Å². The molecule has 32 heavy (non-hydrogen) atoms. The van der Waals surface area contributed by atoms with E-state index in [1.54, 1.807) is 24.4 Å². The summed E-state index contributed by atoms with van der Waals surface area (Å²) in [5.41, 5.74) is 2.65. The van der Waals surface area contributed by atoms with Crippen LogP contribution in [0.25, 0.3) is 10.9 Å². The maximum absolute atomic E-state index is 12.6. The molecule has 162 valence electrons. The molecule has 0 radical (unpaired) electrons. The molecule has 8 nitrogen and oxygen atoms in total. The van der Waals surface area contributed by atoms with Crippen LogP contribution in [0.4, 0.5) is 5.69 Å². The highest BCUT2D eigenvalue weighted by molar-refractivity contribution is 6.04. The summed E-state index contributed by atoms with van der Waals surface area (Å²) < 4.78 is 11.3. The first-order valence-electron chi connectivity index (χ1n) is 10.8. The van der Waals surface area contributed by atoms with Crippen molar-refractivity contribution in [2.24, 2.45) is 0 Å². The second-order valence-electron chi connectivity index (χ2n) is 7.94. The number of hydrogen-bond acceptors (Lipinski definition) is 7. The lowest BCUT2D eigenvalue weighted by molar-refractivity contribution is -0.116. The molecule has 1 amide bonds. The molecule has 2 aliphatic rings. The van der Waals surface area contributed by atoms with Gasteiger partial charge in [0.05, 0.1) is 37.0 Å². The molecule has 2 aliphatic heterocycles. The summed E-state index contributed by atoms with van der Waals surface area (Å²) in [7, 11) is 0. The quantitative estimate of drug-likeness (QED) is 0.601. The summed E-state index contributed by atoms with van der Waals surface area (Å²) in [4.78, 5) is 24.1. The number of benzene rings is 2. The lowest BCUT2D eigenvalue weighted by Crippen LogP contribution is -2.37. The Kier molecular flexibility index (Phi) is 5.67. The smallest absolute Gasteiger partial charge is 0.239 e. The van der Waals surface area contributed by atoms with Crippen molar-refractivity contribution in [3.63, 3.8) is 0 Å². The van der Waals surface area contributed by atoms with Gasteiger partial charge in [-0.1, -0.05) is 6.07 Å². The van der Waals surface area contributed by atoms with Crippen molar-refractivity contribution < 1.29 is 14.3 Å². The summed E-state index contributed by atoms with van der Waals surface area (Å²) in [6.45, 7) is 5.18. The van der Waals surface area contributed by atoms with E-state index >= 15 is 0 Å². The number of nitriles is 1. The second kappa shape index (κ2) is 8.91. The van der Waals surface area contributed by atoms with Crippen LogP contribution in [0.1, 0.15) is 29.3 Å². The third-order valence-electron chi connectivity index (χ3n) is 5.84. The highest BCUT2D eigenvalue weighted by Gasteiger charge is 2.34. The van der Waals surface area contributed by atoms with Crippen LogP contribution in [0.2, 0.25) is 0 Å². The number of morpholine rings is 1. The van der Waals surface area contributed by atoms with Crippen molar-refractivity contribution in [1.29, 1.82) is 5.26 Å². The van der Waals surface area contributed by atoms with Crippen LogP contribution in [0.15, 0.2) is 42.6 Å². The first kappa shape index (κ1) is 20.4. The van der Waals surface area contributed by atoms with E-state index in [2.05, 4.69) is 26.3 Å². The van der Waals surface area contributed by atoms with Crippen molar-refractivity contribution >= 4 is 22.5 Å². The summed E-state index contributed by atoms with van der Waals surface area (Å²) in [5.74, 6) is 0.396. The van der Waals surface area contributed by atoms with E-state index in [4.69, 9.17) is 14.7 Å². The molecule has 3 aromatic rings. The molecule has 8 heteroatoms. The minimum Gasteiger partial charge on any atom is -0.493 e. The molecule has 1 aromatic heterocycles. The fourth-order valence-electron chi connectivity index (χ4n) is 4.14. The van der Waals surface area contributed by atoms with E-state index in [9.17, 15) is 4.79 Å². The number of nitrogens with one attached hydrogen (secondary N) is 1. The number of aromatic nitrogens is 2. The first-order chi connectivity index (χ1) is 15.7. The van der Waals surface area contributed by atoms with Gasteiger partial charge in [0, 0.05) is 43.0 Å². The summed E-state index contributed by atoms with van der Waals surface area (Å²) in [5, 5.41) is 12.8. The van der Waals surface area contributed by atoms with Crippen LogP contribution in [-0.2, 0) is 9.53 Å². The van der Waals surface area contributed by atoms with Gasteiger partial charge >= 0.3 is 0 Å². The maximum atomic E-state index is 12.6. The van der Waals surface area contributed by atoms with Gasteiger partial charge in [-0.05, 0) is 36.2 Å². The van der Waals surface area contributed by atoms with E-state index in [0.717, 1.165) is 61.5 Å². The Hall–Kier alpha value is -3.54. The largest absolute Gasteiger partial charge is 0.493 e. The van der Waals surface area contributed by atoms with Gasteiger partial charge in [-0.2, -0.15) is 5.26 Å². The molecule has 0 saturated carbocycles. The van der Waals surface area contributed by atoms with E-state index in [-0.39, 0.29) is 5.91 Å². The number of fused-ring (bicyclic) bond motifs is 2. The van der Waals surface area contributed by atoms with Gasteiger partial charge in [0.2, 0.25) is 5.91 Å². The number of nitrogens with zero attached hydrogens (tertiary/aromatic N) is 4. The molecule has 1 N–H and O–H groups in total. The Morgan fingerprint density at radius 3 is 2.94 bits per heavy atom. The zero-order chi connectivity index (χ0) is 21.9. The van der Waals surface area contributed by atoms with Crippen molar-refractivity contribution in [2.75, 3.05) is 44.8 Å². The van der Waals surface area contributed by atoms with Crippen LogP contribution >= 0.6 is 0 Å². The van der Waals surface area contributed by atoms with Crippen LogP contribution in [0.3, 0.4) is 0 Å². The van der Waals surface area contributed by atoms with E-state index in [1.165, 1.54) is 0 Å². The third kappa shape index (κ3) is 4.13. The average Bonchev–Trinajstić information content (AvgIpc) is 3.16. The van der Waals surface area contributed by atoms with Crippen LogP contribution < -0.4 is 10.1 Å². The van der Waals surface area contributed by atoms with Crippen LogP contribution in [0.5, 0.6) is 5.75 Å². The van der Waals surface area contributed by atoms with Gasteiger partial charge in [-0.25, -0.2) is 9.97 Å². The van der Waals surface area contributed by atoms with Crippen molar-refractivity contribution in [1.82, 2.24) is 14.9 Å². The molecule has 1 saturated heterocycles. The number of carbonyl (C=O) groups is 1. The van der Waals surface area contributed by atoms with E-state index < -0.39 is 5.92 Å². The Balaban J connectivity index is 1.31. The van der Waals surface area contributed by atoms with E-state index in [0.29, 0.717) is 23.7 Å². The molecule has 3 heterocycles. The number of anilines is 1. The second-order valence-corrected chi connectivity index (χ2v) is 7.94. The predicted octanol–water partition coefficient (Wildman–Crippen LogP) is 2.69. The monoisotopic (exact) mass is 429 g/mol. The SMILES string of the molecule is N#Cc1ccc2c(c1)NC(=O)C2c1ncc2ccc(OCCCN3CCOCC3)cc2n1. The molecule has 1 atom stereocenters. The Morgan fingerprint density at radius 1 is 1.22 bits per heavy atom. The Morgan fingerprint density at radius 2 is 2.09 bits per heavy atom. The number of rotatable bonds is 6. The molecule has 0 bridgehead atoms. The zero-order valence-corrected chi connectivity index (χ0v) is 17.6. The molecule has 1 fully saturated rings. The number of carbonyl (C=O) groups excluding carboxylic acids is 1. The number of ether oxygens (including phenoxy) is 2. The number of hydrogen-bond donors (Lipinski definition) is 1. The van der Waals surface area contributed by atoms with Crippen molar-refractivity contribution in [2.45, 2.75) is 12.3 Å². The average molecular weight is 429 g/mol. The first-order valence-corrected chi connectivity index (χ1v) is 10.8. The van der Waals surface area contributed by atoms with Gasteiger partial charge < -0.3 is 14.8 Å². The highest BCUT2D eigenvalue weighted by atomic mass is 16.5. The number of amides is 1. The molecule has 1 unspecified atom stereocenters. The highest BCUT2D eigenvalue weighted by Crippen LogP contribution is 2.36. The molecule has 5 rings (SSSR count). The Labute approximate surface area is 185 Å². The predicted molar refractivity (Wildman–Crippen MR) is 119 cm³/mol. The van der Waals surface area contributed by atoms with Crippen LogP contribution in [-0.4, -0.2) is 60.2 Å². The van der Waals surface area contributed by atoms with Gasteiger partial charge in [0.1, 0.15) is 17.5 Å².